The molecule has 100 valence electrons. The van der Waals surface area contributed by atoms with E-state index >= 15 is 0 Å². The second-order valence-electron chi connectivity index (χ2n) is 4.53. The summed E-state index contributed by atoms with van der Waals surface area (Å²) >= 11 is 6.09. The molecule has 1 fully saturated rings. The van der Waals surface area contributed by atoms with Gasteiger partial charge in [-0.2, -0.15) is 0 Å². The van der Waals surface area contributed by atoms with Crippen molar-refractivity contribution in [2.75, 3.05) is 26.3 Å². The lowest BCUT2D eigenvalue weighted by Crippen LogP contribution is -2.41. The summed E-state index contributed by atoms with van der Waals surface area (Å²) in [4.78, 5) is 21.7. The number of carbonyl (C=O) groups is 1. The van der Waals surface area contributed by atoms with E-state index in [1.807, 2.05) is 6.07 Å². The molecule has 3 rings (SSSR count). The highest BCUT2D eigenvalue weighted by Crippen LogP contribution is 2.27. The maximum absolute atomic E-state index is 12.6. The molecule has 1 N–H and O–H groups in total. The molecular weight excluding hydrogens is 266 g/mol. The average molecular weight is 280 g/mol. The summed E-state index contributed by atoms with van der Waals surface area (Å²) in [5.74, 6) is -0.0163. The van der Waals surface area contributed by atoms with Crippen LogP contribution in [0.4, 0.5) is 0 Å². The predicted octanol–water partition coefficient (Wildman–Crippen LogP) is 2.00. The van der Waals surface area contributed by atoms with Crippen molar-refractivity contribution in [1.82, 2.24) is 14.9 Å². The van der Waals surface area contributed by atoms with Gasteiger partial charge in [-0.1, -0.05) is 11.6 Å². The Balaban J connectivity index is 2.08. The SMILES string of the molecule is Cc1nc(Cl)c2cc[nH]c2c1C(=O)N1CCOCC1. The molecule has 0 spiro atoms. The third-order valence-corrected chi connectivity index (χ3v) is 3.65. The van der Waals surface area contributed by atoms with Crippen molar-refractivity contribution in [3.8, 4) is 0 Å². The van der Waals surface area contributed by atoms with Crippen LogP contribution < -0.4 is 0 Å². The number of ether oxygens (including phenoxy) is 1. The molecule has 1 aliphatic rings. The highest BCUT2D eigenvalue weighted by atomic mass is 35.5. The van der Waals surface area contributed by atoms with Crippen molar-refractivity contribution in [2.24, 2.45) is 0 Å². The molecule has 5 nitrogen and oxygen atoms in total. The molecule has 0 atom stereocenters. The molecular formula is C13H14ClN3O2. The molecule has 0 aliphatic carbocycles. The minimum Gasteiger partial charge on any atom is -0.378 e. The van der Waals surface area contributed by atoms with Crippen molar-refractivity contribution in [3.63, 3.8) is 0 Å². The molecule has 2 aromatic heterocycles. The smallest absolute Gasteiger partial charge is 0.258 e. The molecule has 1 amide bonds. The van der Waals surface area contributed by atoms with Crippen molar-refractivity contribution >= 4 is 28.4 Å². The van der Waals surface area contributed by atoms with Crippen LogP contribution in [0.5, 0.6) is 0 Å². The Morgan fingerprint density at radius 3 is 2.95 bits per heavy atom. The number of morpholine rings is 1. The van der Waals surface area contributed by atoms with Crippen molar-refractivity contribution in [3.05, 3.63) is 28.7 Å². The van der Waals surface area contributed by atoms with E-state index < -0.39 is 0 Å². The normalized spacial score (nSPS) is 16.0. The van der Waals surface area contributed by atoms with Crippen LogP contribution in [0.15, 0.2) is 12.3 Å². The lowest BCUT2D eigenvalue weighted by atomic mass is 10.1. The fraction of sp³-hybridized carbons (Fsp3) is 0.385. The van der Waals surface area contributed by atoms with Gasteiger partial charge >= 0.3 is 0 Å². The molecule has 0 saturated carbocycles. The van der Waals surface area contributed by atoms with Gasteiger partial charge in [-0.25, -0.2) is 4.98 Å². The molecule has 0 aromatic carbocycles. The number of aryl methyl sites for hydroxylation is 1. The molecule has 1 aliphatic heterocycles. The second-order valence-corrected chi connectivity index (χ2v) is 4.89. The summed E-state index contributed by atoms with van der Waals surface area (Å²) in [5, 5.41) is 1.20. The van der Waals surface area contributed by atoms with Gasteiger partial charge in [0.2, 0.25) is 0 Å². The van der Waals surface area contributed by atoms with Gasteiger partial charge in [0.05, 0.1) is 30.0 Å². The number of nitrogens with one attached hydrogen (secondary N) is 1. The van der Waals surface area contributed by atoms with Crippen LogP contribution in [-0.2, 0) is 4.74 Å². The standard InChI is InChI=1S/C13H14ClN3O2/c1-8-10(13(18)17-4-6-19-7-5-17)11-9(2-3-15-11)12(14)16-8/h2-3,15H,4-7H2,1H3. The monoisotopic (exact) mass is 279 g/mol. The minimum atomic E-state index is -0.0163. The van der Waals surface area contributed by atoms with E-state index in [0.29, 0.717) is 42.7 Å². The maximum Gasteiger partial charge on any atom is 0.258 e. The van der Waals surface area contributed by atoms with E-state index in [0.717, 1.165) is 10.9 Å². The van der Waals surface area contributed by atoms with E-state index in [1.54, 1.807) is 18.0 Å². The number of aromatic amines is 1. The lowest BCUT2D eigenvalue weighted by Gasteiger charge is -2.27. The third-order valence-electron chi connectivity index (χ3n) is 3.36. The number of H-pyrrole nitrogens is 1. The quantitative estimate of drug-likeness (QED) is 0.812. The number of hydrogen-bond donors (Lipinski definition) is 1. The van der Waals surface area contributed by atoms with Crippen molar-refractivity contribution < 1.29 is 9.53 Å². The van der Waals surface area contributed by atoms with Crippen LogP contribution >= 0.6 is 11.6 Å². The Bertz CT molecular complexity index is 632. The highest BCUT2D eigenvalue weighted by Gasteiger charge is 2.24. The summed E-state index contributed by atoms with van der Waals surface area (Å²) in [5.41, 5.74) is 2.01. The van der Waals surface area contributed by atoms with Crippen LogP contribution in [0.25, 0.3) is 10.9 Å². The molecule has 2 aromatic rings. The Morgan fingerprint density at radius 1 is 1.47 bits per heavy atom. The zero-order chi connectivity index (χ0) is 13.4. The minimum absolute atomic E-state index is 0.0163. The van der Waals surface area contributed by atoms with Gasteiger partial charge in [0, 0.05) is 24.7 Å². The Kier molecular flexibility index (Phi) is 3.16. The summed E-state index contributed by atoms with van der Waals surface area (Å²) in [6.07, 6.45) is 1.77. The molecule has 19 heavy (non-hydrogen) atoms. The molecule has 6 heteroatoms. The number of aromatic nitrogens is 2. The molecule has 0 radical (unpaired) electrons. The van der Waals surface area contributed by atoms with Crippen LogP contribution in [0.3, 0.4) is 0 Å². The lowest BCUT2D eigenvalue weighted by molar-refractivity contribution is 0.0303. The van der Waals surface area contributed by atoms with E-state index in [2.05, 4.69) is 9.97 Å². The largest absolute Gasteiger partial charge is 0.378 e. The average Bonchev–Trinajstić information content (AvgIpc) is 2.89. The van der Waals surface area contributed by atoms with Crippen LogP contribution in [-0.4, -0.2) is 47.1 Å². The van der Waals surface area contributed by atoms with E-state index in [-0.39, 0.29) is 5.91 Å². The van der Waals surface area contributed by atoms with Gasteiger partial charge in [-0.05, 0) is 13.0 Å². The number of amides is 1. The first-order valence-electron chi connectivity index (χ1n) is 6.18. The van der Waals surface area contributed by atoms with E-state index in [4.69, 9.17) is 16.3 Å². The van der Waals surface area contributed by atoms with Gasteiger partial charge in [0.25, 0.3) is 5.91 Å². The number of rotatable bonds is 1. The zero-order valence-electron chi connectivity index (χ0n) is 10.6. The third kappa shape index (κ3) is 2.09. The Labute approximate surface area is 115 Å². The first-order chi connectivity index (χ1) is 9.18. The van der Waals surface area contributed by atoms with Crippen LogP contribution in [0.2, 0.25) is 5.15 Å². The van der Waals surface area contributed by atoms with Gasteiger partial charge in [-0.3, -0.25) is 4.79 Å². The fourth-order valence-electron chi connectivity index (χ4n) is 2.38. The Morgan fingerprint density at radius 2 is 2.21 bits per heavy atom. The summed E-state index contributed by atoms with van der Waals surface area (Å²) < 4.78 is 5.27. The van der Waals surface area contributed by atoms with Crippen molar-refractivity contribution in [2.45, 2.75) is 6.92 Å². The highest BCUT2D eigenvalue weighted by molar-refractivity contribution is 6.34. The van der Waals surface area contributed by atoms with E-state index in [9.17, 15) is 4.79 Å². The molecule has 1 saturated heterocycles. The second kappa shape index (κ2) is 4.83. The first kappa shape index (κ1) is 12.4. The van der Waals surface area contributed by atoms with Gasteiger partial charge in [0.1, 0.15) is 5.15 Å². The van der Waals surface area contributed by atoms with E-state index in [1.165, 1.54) is 0 Å². The zero-order valence-corrected chi connectivity index (χ0v) is 11.3. The molecule has 0 bridgehead atoms. The van der Waals surface area contributed by atoms with Crippen LogP contribution in [0, 0.1) is 6.92 Å². The topological polar surface area (TPSA) is 58.2 Å². The van der Waals surface area contributed by atoms with Gasteiger partial charge < -0.3 is 14.6 Å². The number of pyridine rings is 1. The number of fused-ring (bicyclic) bond motifs is 1. The van der Waals surface area contributed by atoms with Crippen molar-refractivity contribution in [1.29, 1.82) is 0 Å². The van der Waals surface area contributed by atoms with Gasteiger partial charge in [-0.15, -0.1) is 0 Å². The number of nitrogens with zero attached hydrogens (tertiary/aromatic N) is 2. The first-order valence-corrected chi connectivity index (χ1v) is 6.56. The molecule has 0 unspecified atom stereocenters. The molecule has 3 heterocycles. The van der Waals surface area contributed by atoms with Gasteiger partial charge in [0.15, 0.2) is 0 Å². The summed E-state index contributed by atoms with van der Waals surface area (Å²) in [6.45, 7) is 4.20. The van der Waals surface area contributed by atoms with Crippen LogP contribution in [0.1, 0.15) is 16.1 Å². The summed E-state index contributed by atoms with van der Waals surface area (Å²) in [6, 6.07) is 1.83. The maximum atomic E-state index is 12.6. The number of halogens is 1. The summed E-state index contributed by atoms with van der Waals surface area (Å²) in [7, 11) is 0. The number of carbonyl (C=O) groups excluding carboxylic acids is 1. The Hall–Kier alpha value is -1.59. The number of hydrogen-bond acceptors (Lipinski definition) is 3. The predicted molar refractivity (Wildman–Crippen MR) is 72.6 cm³/mol. The fourth-order valence-corrected chi connectivity index (χ4v) is 2.66.